The van der Waals surface area contributed by atoms with E-state index in [-0.39, 0.29) is 18.2 Å². The molecule has 1 amide bonds. The van der Waals surface area contributed by atoms with Gasteiger partial charge in [0, 0.05) is 25.2 Å². The first-order valence-electron chi connectivity index (χ1n) is 8.22. The third-order valence-corrected chi connectivity index (χ3v) is 6.03. The number of benzene rings is 1. The van der Waals surface area contributed by atoms with Crippen LogP contribution in [0.4, 0.5) is 0 Å². The van der Waals surface area contributed by atoms with Crippen LogP contribution in [0.15, 0.2) is 24.3 Å². The van der Waals surface area contributed by atoms with E-state index in [1.54, 1.807) is 35.7 Å². The molecule has 0 aliphatic carbocycles. The topological polar surface area (TPSA) is 75.7 Å². The number of methoxy groups -OCH3 is 1. The van der Waals surface area contributed by atoms with Crippen molar-refractivity contribution in [2.24, 2.45) is 11.8 Å². The van der Waals surface area contributed by atoms with Crippen LogP contribution in [0.3, 0.4) is 0 Å². The molecule has 1 aliphatic heterocycles. The Morgan fingerprint density at radius 2 is 1.79 bits per heavy atom. The normalized spacial score (nSPS) is 22.1. The summed E-state index contributed by atoms with van der Waals surface area (Å²) in [4.78, 5) is 12.1. The molecular formula is C17H26N2O4S. The Kier molecular flexibility index (Phi) is 6.23. The van der Waals surface area contributed by atoms with Gasteiger partial charge in [-0.2, -0.15) is 0 Å². The number of hydrogen-bond donors (Lipinski definition) is 1. The number of nitrogens with one attached hydrogen (secondary N) is 1. The minimum atomic E-state index is -3.34. The van der Waals surface area contributed by atoms with Gasteiger partial charge in [0.1, 0.15) is 5.75 Å². The average Bonchev–Trinajstić information content (AvgIpc) is 2.53. The van der Waals surface area contributed by atoms with E-state index in [4.69, 9.17) is 4.74 Å². The van der Waals surface area contributed by atoms with E-state index in [1.165, 1.54) is 0 Å². The van der Waals surface area contributed by atoms with Crippen molar-refractivity contribution >= 4 is 15.9 Å². The Hall–Kier alpha value is -1.60. The number of ether oxygens (including phenoxy) is 1. The predicted molar refractivity (Wildman–Crippen MR) is 93.6 cm³/mol. The molecule has 2 rings (SSSR count). The van der Waals surface area contributed by atoms with Crippen LogP contribution in [0.5, 0.6) is 5.75 Å². The summed E-state index contributed by atoms with van der Waals surface area (Å²) in [5, 5.41) is 2.67. The SMILES string of the molecule is COc1ccc(C(=O)NCCS(=O)(=O)N2C[C@H](C)C[C@@H](C)C2)cc1. The van der Waals surface area contributed by atoms with E-state index in [0.717, 1.165) is 6.42 Å². The van der Waals surface area contributed by atoms with E-state index in [1.807, 2.05) is 0 Å². The lowest BCUT2D eigenvalue weighted by molar-refractivity contribution is 0.0956. The van der Waals surface area contributed by atoms with E-state index < -0.39 is 10.0 Å². The molecule has 134 valence electrons. The van der Waals surface area contributed by atoms with Gasteiger partial charge in [0.15, 0.2) is 0 Å². The van der Waals surface area contributed by atoms with Gasteiger partial charge >= 0.3 is 0 Å². The second-order valence-electron chi connectivity index (χ2n) is 6.56. The summed E-state index contributed by atoms with van der Waals surface area (Å²) < 4.78 is 31.5. The number of piperidine rings is 1. The highest BCUT2D eigenvalue weighted by atomic mass is 32.2. The van der Waals surface area contributed by atoms with Crippen LogP contribution in [0, 0.1) is 11.8 Å². The third-order valence-electron chi connectivity index (χ3n) is 4.23. The predicted octanol–water partition coefficient (Wildman–Crippen LogP) is 1.73. The molecule has 24 heavy (non-hydrogen) atoms. The zero-order chi connectivity index (χ0) is 17.7. The van der Waals surface area contributed by atoms with Gasteiger partial charge in [-0.1, -0.05) is 13.8 Å². The highest BCUT2D eigenvalue weighted by Crippen LogP contribution is 2.23. The standard InChI is InChI=1S/C17H26N2O4S/c1-13-10-14(2)12-19(11-13)24(21,22)9-8-18-17(20)15-4-6-16(23-3)7-5-15/h4-7,13-14H,8-12H2,1-3H3,(H,18,20)/t13-,14-/m1/s1. The van der Waals surface area contributed by atoms with Crippen LogP contribution < -0.4 is 10.1 Å². The quantitative estimate of drug-likeness (QED) is 0.844. The smallest absolute Gasteiger partial charge is 0.251 e. The Morgan fingerprint density at radius 3 is 2.33 bits per heavy atom. The first kappa shape index (κ1) is 18.7. The summed E-state index contributed by atoms with van der Waals surface area (Å²) >= 11 is 0. The number of hydrogen-bond acceptors (Lipinski definition) is 4. The van der Waals surface area contributed by atoms with Gasteiger partial charge < -0.3 is 10.1 Å². The van der Waals surface area contributed by atoms with Gasteiger partial charge in [-0.15, -0.1) is 0 Å². The molecule has 1 aromatic carbocycles. The highest BCUT2D eigenvalue weighted by molar-refractivity contribution is 7.89. The summed E-state index contributed by atoms with van der Waals surface area (Å²) in [7, 11) is -1.78. The molecule has 2 atom stereocenters. The average molecular weight is 354 g/mol. The fourth-order valence-electron chi connectivity index (χ4n) is 3.10. The van der Waals surface area contributed by atoms with Gasteiger partial charge in [0.05, 0.1) is 12.9 Å². The molecule has 7 heteroatoms. The Bertz CT molecular complexity index is 648. The summed E-state index contributed by atoms with van der Waals surface area (Å²) in [5.74, 6) is 1.06. The number of carbonyl (C=O) groups is 1. The monoisotopic (exact) mass is 354 g/mol. The maximum absolute atomic E-state index is 12.4. The molecule has 0 bridgehead atoms. The van der Waals surface area contributed by atoms with Gasteiger partial charge in [-0.05, 0) is 42.5 Å². The van der Waals surface area contributed by atoms with Crippen molar-refractivity contribution in [3.8, 4) is 5.75 Å². The van der Waals surface area contributed by atoms with E-state index in [9.17, 15) is 13.2 Å². The van der Waals surface area contributed by atoms with Crippen LogP contribution in [-0.2, 0) is 10.0 Å². The van der Waals surface area contributed by atoms with Crippen molar-refractivity contribution in [2.45, 2.75) is 20.3 Å². The van der Waals surface area contributed by atoms with Crippen molar-refractivity contribution in [1.29, 1.82) is 0 Å². The van der Waals surface area contributed by atoms with Crippen LogP contribution in [0.1, 0.15) is 30.6 Å². The van der Waals surface area contributed by atoms with Gasteiger partial charge in [-0.25, -0.2) is 12.7 Å². The molecule has 0 aromatic heterocycles. The second kappa shape index (κ2) is 7.98. The largest absolute Gasteiger partial charge is 0.497 e. The maximum Gasteiger partial charge on any atom is 0.251 e. The molecule has 1 N–H and O–H groups in total. The first-order valence-corrected chi connectivity index (χ1v) is 9.83. The van der Waals surface area contributed by atoms with E-state index >= 15 is 0 Å². The van der Waals surface area contributed by atoms with Crippen LogP contribution in [0.25, 0.3) is 0 Å². The number of rotatable bonds is 6. The summed E-state index contributed by atoms with van der Waals surface area (Å²) in [6.45, 7) is 5.39. The third kappa shape index (κ3) is 4.95. The molecule has 0 saturated carbocycles. The molecule has 1 heterocycles. The molecule has 1 saturated heterocycles. The highest BCUT2D eigenvalue weighted by Gasteiger charge is 2.30. The Balaban J connectivity index is 1.86. The zero-order valence-electron chi connectivity index (χ0n) is 14.5. The lowest BCUT2D eigenvalue weighted by Crippen LogP contribution is -2.45. The summed E-state index contributed by atoms with van der Waals surface area (Å²) in [5.41, 5.74) is 0.480. The van der Waals surface area contributed by atoms with E-state index in [2.05, 4.69) is 19.2 Å². The zero-order valence-corrected chi connectivity index (χ0v) is 15.3. The van der Waals surface area contributed by atoms with Crippen molar-refractivity contribution in [2.75, 3.05) is 32.5 Å². The minimum absolute atomic E-state index is 0.0751. The molecule has 0 radical (unpaired) electrons. The maximum atomic E-state index is 12.4. The lowest BCUT2D eigenvalue weighted by atomic mass is 9.94. The molecule has 6 nitrogen and oxygen atoms in total. The summed E-state index contributed by atoms with van der Waals surface area (Å²) in [6, 6.07) is 6.69. The number of carbonyl (C=O) groups excluding carboxylic acids is 1. The van der Waals surface area contributed by atoms with Gasteiger partial charge in [0.25, 0.3) is 5.91 Å². The first-order chi connectivity index (χ1) is 11.3. The van der Waals surface area contributed by atoms with Gasteiger partial charge in [0.2, 0.25) is 10.0 Å². The van der Waals surface area contributed by atoms with Crippen molar-refractivity contribution in [3.63, 3.8) is 0 Å². The molecule has 1 fully saturated rings. The molecule has 0 unspecified atom stereocenters. The minimum Gasteiger partial charge on any atom is -0.497 e. The lowest BCUT2D eigenvalue weighted by Gasteiger charge is -2.34. The Morgan fingerprint density at radius 1 is 1.21 bits per heavy atom. The van der Waals surface area contributed by atoms with Gasteiger partial charge in [-0.3, -0.25) is 4.79 Å². The van der Waals surface area contributed by atoms with Crippen LogP contribution >= 0.6 is 0 Å². The fraction of sp³-hybridized carbons (Fsp3) is 0.588. The van der Waals surface area contributed by atoms with Crippen molar-refractivity contribution < 1.29 is 17.9 Å². The summed E-state index contributed by atoms with van der Waals surface area (Å²) in [6.07, 6.45) is 1.06. The van der Waals surface area contributed by atoms with Crippen molar-refractivity contribution in [1.82, 2.24) is 9.62 Å². The molecule has 1 aromatic rings. The number of sulfonamides is 1. The van der Waals surface area contributed by atoms with Crippen molar-refractivity contribution in [3.05, 3.63) is 29.8 Å². The molecular weight excluding hydrogens is 328 g/mol. The second-order valence-corrected chi connectivity index (χ2v) is 8.65. The van der Waals surface area contributed by atoms with Crippen LogP contribution in [0.2, 0.25) is 0 Å². The Labute approximate surface area is 144 Å². The van der Waals surface area contributed by atoms with Crippen LogP contribution in [-0.4, -0.2) is 51.1 Å². The molecule has 0 spiro atoms. The number of amides is 1. The number of nitrogens with zero attached hydrogens (tertiary/aromatic N) is 1. The molecule has 1 aliphatic rings. The fourth-order valence-corrected chi connectivity index (χ4v) is 4.68. The van der Waals surface area contributed by atoms with E-state index in [0.29, 0.717) is 36.2 Å².